The molecule has 0 fully saturated rings. The molecule has 0 saturated carbocycles. The van der Waals surface area contributed by atoms with Gasteiger partial charge in [-0.3, -0.25) is 4.98 Å². The Hall–Kier alpha value is -0.0838. The summed E-state index contributed by atoms with van der Waals surface area (Å²) in [5.74, 6) is 0. The van der Waals surface area contributed by atoms with Crippen LogP contribution in [0.2, 0.25) is 0 Å². The average molecular weight is 103 g/mol. The van der Waals surface area contributed by atoms with Gasteiger partial charge in [-0.2, -0.15) is 0 Å². The van der Waals surface area contributed by atoms with Crippen molar-refractivity contribution in [1.82, 2.24) is 4.98 Å². The van der Waals surface area contributed by atoms with Crippen LogP contribution in [0.1, 0.15) is 0 Å². The van der Waals surface area contributed by atoms with E-state index in [4.69, 9.17) is 0 Å². The van der Waals surface area contributed by atoms with Crippen LogP contribution in [0, 0.1) is 0 Å². The Morgan fingerprint density at radius 3 is 1.57 bits per heavy atom. The quantitative estimate of drug-likeness (QED) is 0.441. The summed E-state index contributed by atoms with van der Waals surface area (Å²) in [6.07, 6.45) is 3.50. The second kappa shape index (κ2) is 4.09. The number of rotatable bonds is 0. The summed E-state index contributed by atoms with van der Waals surface area (Å²) in [6.45, 7) is 0. The zero-order valence-corrected chi connectivity index (χ0v) is 5.46. The smallest absolute Gasteiger partial charge is 0.265 e. The summed E-state index contributed by atoms with van der Waals surface area (Å²) in [5.41, 5.74) is 0. The SMILES string of the molecule is [Mg+2].c1ccncc1. The second-order valence-electron chi connectivity index (χ2n) is 1.02. The van der Waals surface area contributed by atoms with Crippen molar-refractivity contribution < 1.29 is 0 Å². The Balaban J connectivity index is 0.000000360. The maximum Gasteiger partial charge on any atom is 2.00 e. The molecule has 0 atom stereocenters. The van der Waals surface area contributed by atoms with E-state index in [2.05, 4.69) is 4.98 Å². The van der Waals surface area contributed by atoms with Crippen LogP contribution in [0.5, 0.6) is 0 Å². The summed E-state index contributed by atoms with van der Waals surface area (Å²) in [4.78, 5) is 3.78. The molecule has 0 aliphatic carbocycles. The van der Waals surface area contributed by atoms with E-state index in [0.29, 0.717) is 0 Å². The maximum absolute atomic E-state index is 3.78. The fourth-order valence-corrected chi connectivity index (χ4v) is 0.313. The van der Waals surface area contributed by atoms with Gasteiger partial charge in [-0.25, -0.2) is 0 Å². The Morgan fingerprint density at radius 2 is 1.43 bits per heavy atom. The third-order valence-corrected chi connectivity index (χ3v) is 0.566. The first-order valence-corrected chi connectivity index (χ1v) is 1.85. The van der Waals surface area contributed by atoms with Crippen molar-refractivity contribution in [2.45, 2.75) is 0 Å². The summed E-state index contributed by atoms with van der Waals surface area (Å²) >= 11 is 0. The van der Waals surface area contributed by atoms with Crippen LogP contribution in [0.4, 0.5) is 0 Å². The number of hydrogen-bond donors (Lipinski definition) is 0. The summed E-state index contributed by atoms with van der Waals surface area (Å²) in [6, 6.07) is 5.72. The van der Waals surface area contributed by atoms with Crippen LogP contribution in [0.25, 0.3) is 0 Å². The largest absolute Gasteiger partial charge is 2.00 e. The molecule has 1 nitrogen and oxygen atoms in total. The third-order valence-electron chi connectivity index (χ3n) is 0.566. The van der Waals surface area contributed by atoms with Gasteiger partial charge >= 0.3 is 23.1 Å². The van der Waals surface area contributed by atoms with Crippen LogP contribution in [0.15, 0.2) is 30.6 Å². The molecule has 1 rings (SSSR count). The van der Waals surface area contributed by atoms with Crippen LogP contribution < -0.4 is 0 Å². The minimum Gasteiger partial charge on any atom is -0.265 e. The van der Waals surface area contributed by atoms with E-state index in [9.17, 15) is 0 Å². The number of aromatic nitrogens is 1. The van der Waals surface area contributed by atoms with E-state index in [0.717, 1.165) is 0 Å². The van der Waals surface area contributed by atoms with E-state index in [1.54, 1.807) is 12.4 Å². The van der Waals surface area contributed by atoms with Crippen molar-refractivity contribution in [3.8, 4) is 0 Å². The molecule has 30 valence electrons. The third kappa shape index (κ3) is 2.59. The summed E-state index contributed by atoms with van der Waals surface area (Å²) in [7, 11) is 0. The molecule has 0 aliphatic rings. The summed E-state index contributed by atoms with van der Waals surface area (Å²) < 4.78 is 0. The molecule has 0 bridgehead atoms. The molecule has 0 N–H and O–H groups in total. The standard InChI is InChI=1S/C5H5N.Mg/c1-2-4-6-5-3-1;/h1-5H;/q;+2. The minimum absolute atomic E-state index is 0. The zero-order valence-electron chi connectivity index (χ0n) is 4.04. The topological polar surface area (TPSA) is 12.9 Å². The number of nitrogens with zero attached hydrogens (tertiary/aromatic N) is 1. The van der Waals surface area contributed by atoms with Gasteiger partial charge in [0.05, 0.1) is 0 Å². The molecule has 1 aromatic rings. The van der Waals surface area contributed by atoms with Gasteiger partial charge in [0, 0.05) is 12.4 Å². The molecule has 0 unspecified atom stereocenters. The van der Waals surface area contributed by atoms with Gasteiger partial charge in [0.1, 0.15) is 0 Å². The fraction of sp³-hybridized carbons (Fsp3) is 0. The maximum atomic E-state index is 3.78. The molecule has 0 aliphatic heterocycles. The molecule has 1 heterocycles. The molecule has 0 spiro atoms. The second-order valence-corrected chi connectivity index (χ2v) is 1.02. The fourth-order valence-electron chi connectivity index (χ4n) is 0.313. The van der Waals surface area contributed by atoms with E-state index in [1.807, 2.05) is 18.2 Å². The van der Waals surface area contributed by atoms with Crippen LogP contribution in [-0.4, -0.2) is 28.0 Å². The van der Waals surface area contributed by atoms with E-state index < -0.39 is 0 Å². The Bertz CT molecular complexity index is 80.0. The van der Waals surface area contributed by atoms with Gasteiger partial charge in [0.2, 0.25) is 0 Å². The van der Waals surface area contributed by atoms with Gasteiger partial charge in [-0.05, 0) is 12.1 Å². The van der Waals surface area contributed by atoms with E-state index >= 15 is 0 Å². The number of pyridine rings is 1. The van der Waals surface area contributed by atoms with Crippen LogP contribution in [-0.2, 0) is 0 Å². The van der Waals surface area contributed by atoms with Crippen molar-refractivity contribution >= 4 is 23.1 Å². The first-order valence-electron chi connectivity index (χ1n) is 1.85. The molecule has 0 radical (unpaired) electrons. The van der Waals surface area contributed by atoms with Gasteiger partial charge in [0.15, 0.2) is 0 Å². The summed E-state index contributed by atoms with van der Waals surface area (Å²) in [5, 5.41) is 0. The predicted octanol–water partition coefficient (Wildman–Crippen LogP) is 0.701. The molecule has 0 saturated heterocycles. The zero-order chi connectivity index (χ0) is 4.24. The molecule has 0 aromatic carbocycles. The molecule has 7 heavy (non-hydrogen) atoms. The van der Waals surface area contributed by atoms with E-state index in [1.165, 1.54) is 0 Å². The van der Waals surface area contributed by atoms with Crippen LogP contribution >= 0.6 is 0 Å². The van der Waals surface area contributed by atoms with E-state index in [-0.39, 0.29) is 23.1 Å². The first kappa shape index (κ1) is 6.92. The van der Waals surface area contributed by atoms with Crippen LogP contribution in [0.3, 0.4) is 0 Å². The first-order chi connectivity index (χ1) is 3.00. The van der Waals surface area contributed by atoms with Crippen molar-refractivity contribution in [3.05, 3.63) is 30.6 Å². The van der Waals surface area contributed by atoms with Gasteiger partial charge in [-0.15, -0.1) is 0 Å². The molecular weight excluding hydrogens is 98.4 g/mol. The Kier molecular flexibility index (Phi) is 4.04. The Labute approximate surface area is 58.9 Å². The monoisotopic (exact) mass is 103 g/mol. The molecule has 2 heteroatoms. The molecule has 0 amide bonds. The van der Waals surface area contributed by atoms with Crippen molar-refractivity contribution in [1.29, 1.82) is 0 Å². The van der Waals surface area contributed by atoms with Crippen molar-refractivity contribution in [2.24, 2.45) is 0 Å². The van der Waals surface area contributed by atoms with Crippen molar-refractivity contribution in [2.75, 3.05) is 0 Å². The normalized spacial score (nSPS) is 6.86. The minimum atomic E-state index is 0. The molecule has 1 aromatic heterocycles. The predicted molar refractivity (Wildman–Crippen MR) is 30.0 cm³/mol. The number of hydrogen-bond acceptors (Lipinski definition) is 1. The average Bonchev–Trinajstić information content (AvgIpc) is 1.72. The van der Waals surface area contributed by atoms with Gasteiger partial charge < -0.3 is 0 Å². The van der Waals surface area contributed by atoms with Crippen molar-refractivity contribution in [3.63, 3.8) is 0 Å². The van der Waals surface area contributed by atoms with Gasteiger partial charge in [0.25, 0.3) is 0 Å². The van der Waals surface area contributed by atoms with Gasteiger partial charge in [-0.1, -0.05) is 6.07 Å². The molecular formula is C5H5MgN+2. The Morgan fingerprint density at radius 1 is 0.857 bits per heavy atom.